The normalized spacial score (nSPS) is 11.0. The van der Waals surface area contributed by atoms with E-state index in [-0.39, 0.29) is 17.3 Å². The highest BCUT2D eigenvalue weighted by Gasteiger charge is 2.27. The molecule has 0 aliphatic heterocycles. The summed E-state index contributed by atoms with van der Waals surface area (Å²) in [6.45, 7) is 0.0857. The lowest BCUT2D eigenvalue weighted by atomic mass is 10.2. The van der Waals surface area contributed by atoms with Crippen molar-refractivity contribution in [1.29, 1.82) is 0 Å². The predicted octanol–water partition coefficient (Wildman–Crippen LogP) is 4.20. The van der Waals surface area contributed by atoms with Gasteiger partial charge >= 0.3 is 0 Å². The molecule has 0 fully saturated rings. The standard InChI is InChI=1S/C25H28N2O5S2/c1-31-23-15-14-20(18-24(23)32-2)27(34(29,30)22-12-7-4-8-13-22)19-25(28)26-16-9-17-33-21-10-5-3-6-11-21/h3-8,10-15,18H,9,16-17,19H2,1-2H3,(H,26,28). The molecule has 1 N–H and O–H groups in total. The summed E-state index contributed by atoms with van der Waals surface area (Å²) in [7, 11) is -1.02. The van der Waals surface area contributed by atoms with Crippen molar-refractivity contribution in [2.45, 2.75) is 16.2 Å². The zero-order valence-electron chi connectivity index (χ0n) is 19.1. The van der Waals surface area contributed by atoms with Gasteiger partial charge < -0.3 is 14.8 Å². The van der Waals surface area contributed by atoms with Crippen LogP contribution in [0.1, 0.15) is 6.42 Å². The van der Waals surface area contributed by atoms with Crippen LogP contribution in [0.5, 0.6) is 11.5 Å². The molecule has 0 saturated carbocycles. The Kier molecular flexibility index (Phi) is 9.24. The van der Waals surface area contributed by atoms with Crippen molar-refractivity contribution >= 4 is 33.4 Å². The Balaban J connectivity index is 1.72. The minimum atomic E-state index is -3.99. The quantitative estimate of drug-likeness (QED) is 0.296. The van der Waals surface area contributed by atoms with Crippen molar-refractivity contribution in [3.8, 4) is 11.5 Å². The van der Waals surface area contributed by atoms with E-state index in [1.807, 2.05) is 30.3 Å². The molecule has 3 aromatic carbocycles. The van der Waals surface area contributed by atoms with Gasteiger partial charge in [0.05, 0.1) is 24.8 Å². The molecule has 0 spiro atoms. The molecular formula is C25H28N2O5S2. The number of sulfonamides is 1. The lowest BCUT2D eigenvalue weighted by molar-refractivity contribution is -0.119. The molecule has 0 bridgehead atoms. The van der Waals surface area contributed by atoms with E-state index >= 15 is 0 Å². The summed E-state index contributed by atoms with van der Waals surface area (Å²) in [5.74, 6) is 1.28. The number of carbonyl (C=O) groups excluding carboxylic acids is 1. The first-order valence-corrected chi connectivity index (χ1v) is 13.1. The van der Waals surface area contributed by atoms with E-state index < -0.39 is 10.0 Å². The summed E-state index contributed by atoms with van der Waals surface area (Å²) in [6, 6.07) is 22.8. The van der Waals surface area contributed by atoms with E-state index in [2.05, 4.69) is 5.32 Å². The Bertz CT molecular complexity index is 1170. The third-order valence-electron chi connectivity index (χ3n) is 4.93. The van der Waals surface area contributed by atoms with Crippen LogP contribution in [0.3, 0.4) is 0 Å². The lowest BCUT2D eigenvalue weighted by Crippen LogP contribution is -2.41. The van der Waals surface area contributed by atoms with Gasteiger partial charge in [-0.2, -0.15) is 0 Å². The second kappa shape index (κ2) is 12.3. The summed E-state index contributed by atoms with van der Waals surface area (Å²) in [4.78, 5) is 14.0. The molecule has 3 rings (SSSR count). The van der Waals surface area contributed by atoms with Gasteiger partial charge in [-0.25, -0.2) is 8.42 Å². The molecule has 0 atom stereocenters. The van der Waals surface area contributed by atoms with Crippen molar-refractivity contribution in [2.24, 2.45) is 0 Å². The fraction of sp³-hybridized carbons (Fsp3) is 0.240. The Morgan fingerprint density at radius 3 is 2.21 bits per heavy atom. The fourth-order valence-electron chi connectivity index (χ4n) is 3.21. The minimum Gasteiger partial charge on any atom is -0.493 e. The molecule has 7 nitrogen and oxygen atoms in total. The summed E-state index contributed by atoms with van der Waals surface area (Å²) in [5, 5.41) is 2.83. The highest BCUT2D eigenvalue weighted by molar-refractivity contribution is 7.99. The molecule has 0 saturated heterocycles. The van der Waals surface area contributed by atoms with Crippen LogP contribution in [-0.2, 0) is 14.8 Å². The number of benzene rings is 3. The van der Waals surface area contributed by atoms with Crippen molar-refractivity contribution in [2.75, 3.05) is 37.4 Å². The van der Waals surface area contributed by atoms with Crippen molar-refractivity contribution in [3.63, 3.8) is 0 Å². The SMILES string of the molecule is COc1ccc(N(CC(=O)NCCCSc2ccccc2)S(=O)(=O)c2ccccc2)cc1OC. The first-order valence-electron chi connectivity index (χ1n) is 10.7. The first-order chi connectivity index (χ1) is 16.5. The van der Waals surface area contributed by atoms with Gasteiger partial charge in [0.15, 0.2) is 11.5 Å². The Morgan fingerprint density at radius 2 is 1.56 bits per heavy atom. The molecule has 0 heterocycles. The average Bonchev–Trinajstić information content (AvgIpc) is 2.87. The molecule has 3 aromatic rings. The van der Waals surface area contributed by atoms with Crippen LogP contribution in [-0.4, -0.2) is 47.4 Å². The van der Waals surface area contributed by atoms with Gasteiger partial charge in [-0.05, 0) is 48.6 Å². The zero-order chi connectivity index (χ0) is 24.4. The van der Waals surface area contributed by atoms with Crippen LogP contribution in [0.2, 0.25) is 0 Å². The molecule has 0 aliphatic carbocycles. The number of hydrogen-bond donors (Lipinski definition) is 1. The number of amides is 1. The number of nitrogens with one attached hydrogen (secondary N) is 1. The molecule has 1 amide bonds. The van der Waals surface area contributed by atoms with Gasteiger partial charge in [-0.1, -0.05) is 36.4 Å². The Morgan fingerprint density at radius 1 is 0.912 bits per heavy atom. The number of anilines is 1. The molecule has 0 radical (unpaired) electrons. The molecule has 0 aliphatic rings. The topological polar surface area (TPSA) is 84.9 Å². The fourth-order valence-corrected chi connectivity index (χ4v) is 5.52. The van der Waals surface area contributed by atoms with Gasteiger partial charge in [0, 0.05) is 17.5 Å². The maximum Gasteiger partial charge on any atom is 0.264 e. The maximum atomic E-state index is 13.4. The van der Waals surface area contributed by atoms with Crippen LogP contribution < -0.4 is 19.1 Å². The number of ether oxygens (including phenoxy) is 2. The molecule has 180 valence electrons. The van der Waals surface area contributed by atoms with E-state index in [0.29, 0.717) is 23.7 Å². The largest absolute Gasteiger partial charge is 0.493 e. The van der Waals surface area contributed by atoms with Crippen molar-refractivity contribution in [1.82, 2.24) is 5.32 Å². The number of thioether (sulfide) groups is 1. The zero-order valence-corrected chi connectivity index (χ0v) is 20.8. The minimum absolute atomic E-state index is 0.0943. The third-order valence-corrected chi connectivity index (χ3v) is 7.82. The summed E-state index contributed by atoms with van der Waals surface area (Å²) < 4.78 is 38.5. The van der Waals surface area contributed by atoms with Crippen LogP contribution in [0.15, 0.2) is 88.7 Å². The maximum absolute atomic E-state index is 13.4. The number of hydrogen-bond acceptors (Lipinski definition) is 6. The highest BCUT2D eigenvalue weighted by Crippen LogP contribution is 2.33. The summed E-state index contributed by atoms with van der Waals surface area (Å²) in [5.41, 5.74) is 0.302. The average molecular weight is 501 g/mol. The van der Waals surface area contributed by atoms with E-state index in [1.165, 1.54) is 31.2 Å². The van der Waals surface area contributed by atoms with E-state index in [4.69, 9.17) is 9.47 Å². The predicted molar refractivity (Wildman–Crippen MR) is 135 cm³/mol. The number of rotatable bonds is 12. The summed E-state index contributed by atoms with van der Waals surface area (Å²) in [6.07, 6.45) is 0.757. The first kappa shape index (κ1) is 25.5. The van der Waals surface area contributed by atoms with Gasteiger partial charge in [0.25, 0.3) is 10.0 Å². The van der Waals surface area contributed by atoms with Crippen LogP contribution in [0, 0.1) is 0 Å². The van der Waals surface area contributed by atoms with Crippen LogP contribution >= 0.6 is 11.8 Å². The highest BCUT2D eigenvalue weighted by atomic mass is 32.2. The second-order valence-corrected chi connectivity index (χ2v) is 10.3. The summed E-state index contributed by atoms with van der Waals surface area (Å²) >= 11 is 1.71. The molecule has 34 heavy (non-hydrogen) atoms. The van der Waals surface area contributed by atoms with Crippen LogP contribution in [0.25, 0.3) is 0 Å². The van der Waals surface area contributed by atoms with E-state index in [0.717, 1.165) is 16.5 Å². The third kappa shape index (κ3) is 6.68. The van der Waals surface area contributed by atoms with Gasteiger partial charge in [0.2, 0.25) is 5.91 Å². The van der Waals surface area contributed by atoms with E-state index in [9.17, 15) is 13.2 Å². The lowest BCUT2D eigenvalue weighted by Gasteiger charge is -2.25. The smallest absolute Gasteiger partial charge is 0.264 e. The monoisotopic (exact) mass is 500 g/mol. The van der Waals surface area contributed by atoms with Crippen molar-refractivity contribution < 1.29 is 22.7 Å². The number of methoxy groups -OCH3 is 2. The molecule has 0 unspecified atom stereocenters. The van der Waals surface area contributed by atoms with Gasteiger partial charge in [-0.3, -0.25) is 9.10 Å². The molecular weight excluding hydrogens is 472 g/mol. The van der Waals surface area contributed by atoms with Crippen molar-refractivity contribution in [3.05, 3.63) is 78.9 Å². The Hall–Kier alpha value is -3.17. The van der Waals surface area contributed by atoms with Gasteiger partial charge in [0.1, 0.15) is 6.54 Å². The Labute approximate surface area is 205 Å². The second-order valence-electron chi connectivity index (χ2n) is 7.23. The van der Waals surface area contributed by atoms with Crippen LogP contribution in [0.4, 0.5) is 5.69 Å². The molecule has 9 heteroatoms. The number of carbonyl (C=O) groups is 1. The number of nitrogens with zero attached hydrogens (tertiary/aromatic N) is 1. The van der Waals surface area contributed by atoms with Gasteiger partial charge in [-0.15, -0.1) is 11.8 Å². The van der Waals surface area contributed by atoms with E-state index in [1.54, 1.807) is 48.2 Å². The molecule has 0 aromatic heterocycles.